The Morgan fingerprint density at radius 1 is 1.27 bits per heavy atom. The van der Waals surface area contributed by atoms with Crippen LogP contribution in [0.2, 0.25) is 0 Å². The second-order valence-electron chi connectivity index (χ2n) is 6.68. The Morgan fingerprint density at radius 3 is 2.43 bits per heavy atom. The molecule has 0 aromatic carbocycles. The van der Waals surface area contributed by atoms with Crippen LogP contribution < -0.4 is 11.1 Å². The van der Waals surface area contributed by atoms with Crippen molar-refractivity contribution in [3.8, 4) is 0 Å². The van der Waals surface area contributed by atoms with Gasteiger partial charge in [0.1, 0.15) is 10.0 Å². The molecular weight excluding hydrogens is 427 g/mol. The average molecular weight is 449 g/mol. The first kappa shape index (κ1) is 23.7. The van der Waals surface area contributed by atoms with Gasteiger partial charge >= 0.3 is 12.1 Å². The predicted molar refractivity (Wildman–Crippen MR) is 99.9 cm³/mol. The first-order valence-electron chi connectivity index (χ1n) is 9.11. The molecule has 30 heavy (non-hydrogen) atoms. The number of aliphatic carboxylic acids is 1. The Bertz CT molecular complexity index is 847. The summed E-state index contributed by atoms with van der Waals surface area (Å²) in [6.07, 6.45) is 1.28. The highest BCUT2D eigenvalue weighted by atomic mass is 32.1. The smallest absolute Gasteiger partial charge is 0.475 e. The van der Waals surface area contributed by atoms with E-state index < -0.39 is 12.1 Å². The summed E-state index contributed by atoms with van der Waals surface area (Å²) in [5.41, 5.74) is 6.27. The quantitative estimate of drug-likeness (QED) is 0.622. The monoisotopic (exact) mass is 449 g/mol. The molecule has 0 atom stereocenters. The third kappa shape index (κ3) is 7.33. The number of aromatic nitrogens is 5. The van der Waals surface area contributed by atoms with Gasteiger partial charge in [-0.3, -0.25) is 4.79 Å². The summed E-state index contributed by atoms with van der Waals surface area (Å²) >= 11 is 1.54. The number of amides is 1. The summed E-state index contributed by atoms with van der Waals surface area (Å²) in [5.74, 6) is -2.96. The number of carboxylic acids is 1. The molecule has 3 rings (SSSR count). The van der Waals surface area contributed by atoms with Crippen LogP contribution in [0, 0.1) is 6.92 Å². The number of carbonyl (C=O) groups excluding carboxylic acids is 1. The lowest BCUT2D eigenvalue weighted by Crippen LogP contribution is -2.28. The number of halogens is 3. The van der Waals surface area contributed by atoms with Crippen LogP contribution in [-0.2, 0) is 11.2 Å². The molecule has 10 nitrogen and oxygen atoms in total. The van der Waals surface area contributed by atoms with Crippen LogP contribution in [0.1, 0.15) is 52.2 Å². The van der Waals surface area contributed by atoms with E-state index >= 15 is 0 Å². The minimum Gasteiger partial charge on any atom is -0.475 e. The lowest BCUT2D eigenvalue weighted by Gasteiger charge is -2.25. The maximum atomic E-state index is 12.1. The first-order valence-corrected chi connectivity index (χ1v) is 9.92. The molecule has 1 aliphatic carbocycles. The summed E-state index contributed by atoms with van der Waals surface area (Å²) in [5, 5.41) is 27.9. The maximum absolute atomic E-state index is 12.1. The summed E-state index contributed by atoms with van der Waals surface area (Å²) < 4.78 is 33.5. The van der Waals surface area contributed by atoms with Crippen molar-refractivity contribution < 1.29 is 27.9 Å². The van der Waals surface area contributed by atoms with Gasteiger partial charge in [-0.05, 0) is 32.6 Å². The molecule has 4 N–H and O–H groups in total. The molecule has 2 aromatic heterocycles. The normalized spacial score (nSPS) is 19.0. The van der Waals surface area contributed by atoms with E-state index in [1.54, 1.807) is 22.2 Å². The van der Waals surface area contributed by atoms with Crippen LogP contribution in [0.4, 0.5) is 13.2 Å². The zero-order chi connectivity index (χ0) is 22.3. The van der Waals surface area contributed by atoms with Gasteiger partial charge < -0.3 is 16.2 Å². The van der Waals surface area contributed by atoms with Gasteiger partial charge in [0.05, 0.1) is 12.2 Å². The SMILES string of the molecule is Cc1nnc(CCNC(=O)c2cn(C3CCC(N)CC3)nn2)s1.O=C(O)C(F)(F)F. The van der Waals surface area contributed by atoms with E-state index in [0.29, 0.717) is 30.7 Å². The zero-order valence-electron chi connectivity index (χ0n) is 16.1. The van der Waals surface area contributed by atoms with Crippen LogP contribution in [0.25, 0.3) is 0 Å². The fourth-order valence-corrected chi connectivity index (χ4v) is 3.45. The Hall–Kier alpha value is -2.61. The van der Waals surface area contributed by atoms with Crippen molar-refractivity contribution in [2.24, 2.45) is 5.73 Å². The molecular formula is C16H22F3N7O3S. The fraction of sp³-hybridized carbons (Fsp3) is 0.625. The van der Waals surface area contributed by atoms with Gasteiger partial charge in [-0.25, -0.2) is 9.48 Å². The van der Waals surface area contributed by atoms with Crippen LogP contribution >= 0.6 is 11.3 Å². The number of rotatable bonds is 5. The summed E-state index contributed by atoms with van der Waals surface area (Å²) in [6.45, 7) is 2.43. The number of carbonyl (C=O) groups is 2. The molecule has 0 radical (unpaired) electrons. The zero-order valence-corrected chi connectivity index (χ0v) is 16.9. The van der Waals surface area contributed by atoms with Crippen molar-refractivity contribution in [3.05, 3.63) is 21.9 Å². The number of carboxylic acid groups (broad SMARTS) is 1. The second-order valence-corrected chi connectivity index (χ2v) is 7.94. The number of nitrogens with two attached hydrogens (primary N) is 1. The Labute approximate surface area is 173 Å². The van der Waals surface area contributed by atoms with Crippen LogP contribution in [0.5, 0.6) is 0 Å². The predicted octanol–water partition coefficient (Wildman–Crippen LogP) is 1.49. The van der Waals surface area contributed by atoms with E-state index in [-0.39, 0.29) is 5.91 Å². The van der Waals surface area contributed by atoms with Crippen LogP contribution in [-0.4, -0.2) is 60.9 Å². The van der Waals surface area contributed by atoms with Crippen LogP contribution in [0.3, 0.4) is 0 Å². The lowest BCUT2D eigenvalue weighted by molar-refractivity contribution is -0.192. The minimum atomic E-state index is -5.08. The molecule has 14 heteroatoms. The highest BCUT2D eigenvalue weighted by Gasteiger charge is 2.38. The highest BCUT2D eigenvalue weighted by molar-refractivity contribution is 7.11. The summed E-state index contributed by atoms with van der Waals surface area (Å²) in [7, 11) is 0. The van der Waals surface area contributed by atoms with Crippen LogP contribution in [0.15, 0.2) is 6.20 Å². The Morgan fingerprint density at radius 2 is 1.90 bits per heavy atom. The van der Waals surface area contributed by atoms with E-state index in [4.69, 9.17) is 15.6 Å². The topological polar surface area (TPSA) is 149 Å². The molecule has 166 valence electrons. The van der Waals surface area contributed by atoms with Gasteiger partial charge in [-0.1, -0.05) is 5.21 Å². The van der Waals surface area contributed by atoms with Gasteiger partial charge in [0.2, 0.25) is 0 Å². The van der Waals surface area contributed by atoms with Crippen molar-refractivity contribution in [2.45, 2.75) is 57.3 Å². The van der Waals surface area contributed by atoms with Crippen molar-refractivity contribution in [3.63, 3.8) is 0 Å². The Kier molecular flexibility index (Phi) is 8.23. The highest BCUT2D eigenvalue weighted by Crippen LogP contribution is 2.26. The second kappa shape index (κ2) is 10.4. The molecule has 0 bridgehead atoms. The van der Waals surface area contributed by atoms with E-state index in [1.165, 1.54) is 0 Å². The maximum Gasteiger partial charge on any atom is 0.490 e. The number of nitrogens with one attached hydrogen (secondary N) is 1. The largest absolute Gasteiger partial charge is 0.490 e. The molecule has 2 heterocycles. The van der Waals surface area contributed by atoms with Crippen molar-refractivity contribution >= 4 is 23.2 Å². The Balaban J connectivity index is 0.000000396. The molecule has 2 aromatic rings. The third-order valence-corrected chi connectivity index (χ3v) is 5.19. The average Bonchev–Trinajstić information content (AvgIpc) is 3.31. The fourth-order valence-electron chi connectivity index (χ4n) is 2.74. The first-order chi connectivity index (χ1) is 14.1. The molecule has 1 saturated carbocycles. The van der Waals surface area contributed by atoms with E-state index in [9.17, 15) is 18.0 Å². The molecule has 0 saturated heterocycles. The molecule has 1 amide bonds. The van der Waals surface area contributed by atoms with Gasteiger partial charge in [0.15, 0.2) is 5.69 Å². The van der Waals surface area contributed by atoms with Crippen molar-refractivity contribution in [2.75, 3.05) is 6.54 Å². The summed E-state index contributed by atoms with van der Waals surface area (Å²) in [4.78, 5) is 21.0. The van der Waals surface area contributed by atoms with E-state index in [1.807, 2.05) is 6.92 Å². The number of alkyl halides is 3. The van der Waals surface area contributed by atoms with Gasteiger partial charge in [0, 0.05) is 19.0 Å². The standard InChI is InChI=1S/C14H21N7OS.C2HF3O2/c1-9-17-19-13(23-9)6-7-16-14(22)12-8-21(20-18-12)11-4-2-10(15)3-5-11;3-2(4,5)1(6)7/h8,10-11H,2-7,15H2,1H3,(H,16,22);(H,6,7). The molecule has 0 unspecified atom stereocenters. The number of nitrogens with zero attached hydrogens (tertiary/aromatic N) is 5. The minimum absolute atomic E-state index is 0.204. The lowest BCUT2D eigenvalue weighted by atomic mass is 9.92. The molecule has 1 aliphatic rings. The van der Waals surface area contributed by atoms with E-state index in [2.05, 4.69) is 25.8 Å². The van der Waals surface area contributed by atoms with Crippen molar-refractivity contribution in [1.29, 1.82) is 0 Å². The number of aryl methyl sites for hydroxylation is 1. The van der Waals surface area contributed by atoms with Gasteiger partial charge in [0.25, 0.3) is 5.91 Å². The third-order valence-electron chi connectivity index (χ3n) is 4.29. The number of hydrogen-bond acceptors (Lipinski definition) is 8. The van der Waals surface area contributed by atoms with Crippen molar-refractivity contribution in [1.82, 2.24) is 30.5 Å². The molecule has 0 spiro atoms. The summed E-state index contributed by atoms with van der Waals surface area (Å²) in [6, 6.07) is 0.592. The number of hydrogen-bond donors (Lipinski definition) is 3. The molecule has 1 fully saturated rings. The van der Waals surface area contributed by atoms with E-state index in [0.717, 1.165) is 35.7 Å². The van der Waals surface area contributed by atoms with Gasteiger partial charge in [-0.2, -0.15) is 13.2 Å². The molecule has 0 aliphatic heterocycles. The van der Waals surface area contributed by atoms with Gasteiger partial charge in [-0.15, -0.1) is 26.6 Å².